The van der Waals surface area contributed by atoms with Gasteiger partial charge in [0, 0.05) is 36.8 Å². The Morgan fingerprint density at radius 3 is 2.75 bits per heavy atom. The number of nitrogens with one attached hydrogen (secondary N) is 2. The minimum Gasteiger partial charge on any atom is -0.493 e. The number of likely N-dealkylation sites (tertiary alicyclic amines) is 1. The smallest absolute Gasteiger partial charge is 0.321 e. The molecule has 8 heteroatoms. The van der Waals surface area contributed by atoms with E-state index in [-0.39, 0.29) is 17.9 Å². The maximum Gasteiger partial charge on any atom is 0.321 e. The molecule has 2 aromatic rings. The Morgan fingerprint density at radius 2 is 1.96 bits per heavy atom. The number of urea groups is 1. The number of ether oxygens (including phenoxy) is 1. The summed E-state index contributed by atoms with van der Waals surface area (Å²) in [6.45, 7) is 1.81. The van der Waals surface area contributed by atoms with Crippen LogP contribution in [0.4, 0.5) is 16.2 Å². The fraction of sp³-hybridized carbons (Fsp3) is 0.300. The molecule has 0 spiro atoms. The van der Waals surface area contributed by atoms with Gasteiger partial charge in [0.25, 0.3) is 0 Å². The molecule has 2 heterocycles. The van der Waals surface area contributed by atoms with E-state index >= 15 is 0 Å². The zero-order valence-corrected chi connectivity index (χ0v) is 16.5. The summed E-state index contributed by atoms with van der Waals surface area (Å²) in [4.78, 5) is 25.4. The molecule has 2 aliphatic heterocycles. The van der Waals surface area contributed by atoms with Crippen LogP contribution in [0.3, 0.4) is 0 Å². The largest absolute Gasteiger partial charge is 0.493 e. The number of carbonyl (C=O) groups is 2. The highest BCUT2D eigenvalue weighted by Crippen LogP contribution is 2.28. The first-order chi connectivity index (χ1) is 13.5. The van der Waals surface area contributed by atoms with Gasteiger partial charge < -0.3 is 20.3 Å². The first kappa shape index (κ1) is 18.9. The molecular weight excluding hydrogens is 401 g/mol. The molecule has 0 atom stereocenters. The topological polar surface area (TPSA) is 70.7 Å². The molecule has 0 aromatic heterocycles. The number of fused-ring (bicyclic) bond motifs is 1. The van der Waals surface area contributed by atoms with Gasteiger partial charge in [-0.1, -0.05) is 23.2 Å². The van der Waals surface area contributed by atoms with Crippen molar-refractivity contribution >= 4 is 46.5 Å². The second kappa shape index (κ2) is 7.89. The van der Waals surface area contributed by atoms with Gasteiger partial charge in [0.1, 0.15) is 5.75 Å². The van der Waals surface area contributed by atoms with Gasteiger partial charge in [0.05, 0.1) is 16.7 Å². The molecule has 0 saturated carbocycles. The van der Waals surface area contributed by atoms with Crippen molar-refractivity contribution in [3.8, 4) is 5.75 Å². The van der Waals surface area contributed by atoms with Crippen LogP contribution in [0, 0.1) is 5.92 Å². The van der Waals surface area contributed by atoms with E-state index < -0.39 is 0 Å². The van der Waals surface area contributed by atoms with Crippen molar-refractivity contribution in [2.75, 3.05) is 30.3 Å². The number of benzene rings is 2. The minimum atomic E-state index is -0.167. The molecule has 6 nitrogen and oxygen atoms in total. The van der Waals surface area contributed by atoms with E-state index in [1.165, 1.54) is 0 Å². The van der Waals surface area contributed by atoms with E-state index in [1.54, 1.807) is 23.1 Å². The molecule has 0 radical (unpaired) electrons. The van der Waals surface area contributed by atoms with Crippen molar-refractivity contribution in [1.82, 2.24) is 4.90 Å². The van der Waals surface area contributed by atoms with Crippen LogP contribution in [0.15, 0.2) is 36.4 Å². The number of anilines is 2. The Morgan fingerprint density at radius 1 is 1.14 bits per heavy atom. The molecule has 28 heavy (non-hydrogen) atoms. The third-order valence-corrected chi connectivity index (χ3v) is 5.61. The summed E-state index contributed by atoms with van der Waals surface area (Å²) >= 11 is 11.8. The average molecular weight is 420 g/mol. The number of halogens is 2. The van der Waals surface area contributed by atoms with Crippen molar-refractivity contribution < 1.29 is 14.3 Å². The standard InChI is InChI=1S/C20H19Cl2N3O3/c21-16-4-2-14(8-17(16)22)23-20(27)25-9-12(10-25)11-28-15-3-5-18-13(7-15)1-6-19(26)24-18/h2-5,7-8,12H,1,6,9-11H2,(H,23,27)(H,24,26). The molecule has 0 bridgehead atoms. The number of hydrogen-bond acceptors (Lipinski definition) is 3. The number of nitrogens with zero attached hydrogens (tertiary/aromatic N) is 1. The predicted octanol–water partition coefficient (Wildman–Crippen LogP) is 4.42. The lowest BCUT2D eigenvalue weighted by atomic mass is 10.0. The maximum atomic E-state index is 12.3. The lowest BCUT2D eigenvalue weighted by Crippen LogP contribution is -2.53. The summed E-state index contributed by atoms with van der Waals surface area (Å²) < 4.78 is 5.87. The predicted molar refractivity (Wildman–Crippen MR) is 109 cm³/mol. The number of hydrogen-bond donors (Lipinski definition) is 2. The van der Waals surface area contributed by atoms with E-state index in [4.69, 9.17) is 27.9 Å². The fourth-order valence-corrected chi connectivity index (χ4v) is 3.58. The van der Waals surface area contributed by atoms with Gasteiger partial charge in [-0.2, -0.15) is 0 Å². The number of rotatable bonds is 4. The number of amides is 3. The van der Waals surface area contributed by atoms with Crippen LogP contribution < -0.4 is 15.4 Å². The molecular formula is C20H19Cl2N3O3. The zero-order valence-electron chi connectivity index (χ0n) is 15.0. The molecule has 2 aromatic carbocycles. The molecule has 2 aliphatic rings. The highest BCUT2D eigenvalue weighted by Gasteiger charge is 2.31. The SMILES string of the molecule is O=C1CCc2cc(OCC3CN(C(=O)Nc4ccc(Cl)c(Cl)c4)C3)ccc2N1. The van der Waals surface area contributed by atoms with Crippen LogP contribution in [0.5, 0.6) is 5.75 Å². The minimum absolute atomic E-state index is 0.0508. The van der Waals surface area contributed by atoms with Gasteiger partial charge >= 0.3 is 6.03 Å². The summed E-state index contributed by atoms with van der Waals surface area (Å²) in [5.41, 5.74) is 2.56. The molecule has 1 saturated heterocycles. The Kier molecular flexibility index (Phi) is 5.33. The Labute approximate surface area is 172 Å². The van der Waals surface area contributed by atoms with Crippen molar-refractivity contribution in [2.24, 2.45) is 5.92 Å². The van der Waals surface area contributed by atoms with Crippen LogP contribution in [0.25, 0.3) is 0 Å². The summed E-state index contributed by atoms with van der Waals surface area (Å²) in [6, 6.07) is 10.5. The summed E-state index contributed by atoms with van der Waals surface area (Å²) in [6.07, 6.45) is 1.23. The monoisotopic (exact) mass is 419 g/mol. The quantitative estimate of drug-likeness (QED) is 0.770. The molecule has 0 unspecified atom stereocenters. The zero-order chi connectivity index (χ0) is 19.7. The van der Waals surface area contributed by atoms with Crippen LogP contribution in [0.2, 0.25) is 10.0 Å². The van der Waals surface area contributed by atoms with E-state index in [2.05, 4.69) is 10.6 Å². The van der Waals surface area contributed by atoms with E-state index in [0.717, 1.165) is 23.4 Å². The van der Waals surface area contributed by atoms with E-state index in [9.17, 15) is 9.59 Å². The number of carbonyl (C=O) groups excluding carboxylic acids is 2. The first-order valence-electron chi connectivity index (χ1n) is 9.04. The van der Waals surface area contributed by atoms with E-state index in [1.807, 2.05) is 18.2 Å². The molecule has 3 amide bonds. The van der Waals surface area contributed by atoms with Gasteiger partial charge in [-0.15, -0.1) is 0 Å². The third kappa shape index (κ3) is 4.18. The van der Waals surface area contributed by atoms with Gasteiger partial charge in [0.2, 0.25) is 5.91 Å². The fourth-order valence-electron chi connectivity index (χ4n) is 3.28. The third-order valence-electron chi connectivity index (χ3n) is 4.87. The molecule has 1 fully saturated rings. The lowest BCUT2D eigenvalue weighted by Gasteiger charge is -2.38. The van der Waals surface area contributed by atoms with Crippen LogP contribution in [0.1, 0.15) is 12.0 Å². The summed E-state index contributed by atoms with van der Waals surface area (Å²) in [5.74, 6) is 1.12. The maximum absolute atomic E-state index is 12.3. The summed E-state index contributed by atoms with van der Waals surface area (Å²) in [7, 11) is 0. The molecule has 146 valence electrons. The molecule has 0 aliphatic carbocycles. The van der Waals surface area contributed by atoms with Crippen molar-refractivity contribution in [3.63, 3.8) is 0 Å². The first-order valence-corrected chi connectivity index (χ1v) is 9.80. The summed E-state index contributed by atoms with van der Waals surface area (Å²) in [5, 5.41) is 6.52. The normalized spacial score (nSPS) is 16.1. The lowest BCUT2D eigenvalue weighted by molar-refractivity contribution is -0.116. The van der Waals surface area contributed by atoms with Crippen LogP contribution >= 0.6 is 23.2 Å². The molecule has 2 N–H and O–H groups in total. The van der Waals surface area contributed by atoms with Gasteiger partial charge in [0.15, 0.2) is 0 Å². The van der Waals surface area contributed by atoms with Crippen molar-refractivity contribution in [3.05, 3.63) is 52.0 Å². The Balaban J connectivity index is 1.24. The van der Waals surface area contributed by atoms with Crippen LogP contribution in [-0.2, 0) is 11.2 Å². The second-order valence-electron chi connectivity index (χ2n) is 7.01. The van der Waals surface area contributed by atoms with Crippen LogP contribution in [-0.4, -0.2) is 36.5 Å². The average Bonchev–Trinajstić information content (AvgIpc) is 2.63. The van der Waals surface area contributed by atoms with Gasteiger partial charge in [-0.05, 0) is 48.4 Å². The van der Waals surface area contributed by atoms with Crippen molar-refractivity contribution in [2.45, 2.75) is 12.8 Å². The van der Waals surface area contributed by atoms with Crippen molar-refractivity contribution in [1.29, 1.82) is 0 Å². The van der Waals surface area contributed by atoms with Gasteiger partial charge in [-0.3, -0.25) is 4.79 Å². The highest BCUT2D eigenvalue weighted by atomic mass is 35.5. The van der Waals surface area contributed by atoms with Gasteiger partial charge in [-0.25, -0.2) is 4.79 Å². The Bertz CT molecular complexity index is 929. The second-order valence-corrected chi connectivity index (χ2v) is 7.82. The molecule has 4 rings (SSSR count). The number of aryl methyl sites for hydroxylation is 1. The Hall–Kier alpha value is -2.44. The highest BCUT2D eigenvalue weighted by molar-refractivity contribution is 6.42. The van der Waals surface area contributed by atoms with E-state index in [0.29, 0.717) is 41.8 Å².